The molecule has 0 aliphatic carbocycles. The summed E-state index contributed by atoms with van der Waals surface area (Å²) in [6.07, 6.45) is 7.41. The maximum absolute atomic E-state index is 14.2. The first-order valence-electron chi connectivity index (χ1n) is 9.30. The van der Waals surface area contributed by atoms with Gasteiger partial charge in [0.2, 0.25) is 0 Å². The van der Waals surface area contributed by atoms with E-state index in [-0.39, 0.29) is 11.3 Å². The van der Waals surface area contributed by atoms with Crippen molar-refractivity contribution >= 4 is 23.1 Å². The molecule has 1 aliphatic heterocycles. The number of aromatic nitrogens is 4. The van der Waals surface area contributed by atoms with Crippen molar-refractivity contribution in [1.29, 1.82) is 0 Å². The number of piperazine rings is 1. The Labute approximate surface area is 161 Å². The molecule has 1 amide bonds. The molecule has 1 saturated heterocycles. The molecule has 0 saturated carbocycles. The van der Waals surface area contributed by atoms with Crippen LogP contribution >= 0.6 is 0 Å². The number of anilines is 2. The van der Waals surface area contributed by atoms with Crippen molar-refractivity contribution < 1.29 is 9.18 Å². The summed E-state index contributed by atoms with van der Waals surface area (Å²) < 4.78 is 15.7. The standard InChI is InChI=1S/C19H22FN7O/c1-3-13-10-26(5-4-21-13)17-8-22-16(7-23-17)19(28)25-14-6-15(20)18-24-12(2)9-27(18)11-14/h6-9,11,13,21H,3-5,10H2,1-2H3,(H,25,28)/t13-/m0/s1. The number of imidazole rings is 1. The number of hydrogen-bond donors (Lipinski definition) is 2. The van der Waals surface area contributed by atoms with E-state index in [9.17, 15) is 9.18 Å². The number of fused-ring (bicyclic) bond motifs is 1. The monoisotopic (exact) mass is 383 g/mol. The Hall–Kier alpha value is -3.07. The molecule has 9 heteroatoms. The van der Waals surface area contributed by atoms with Gasteiger partial charge in [-0.3, -0.25) is 4.79 Å². The fraction of sp³-hybridized carbons (Fsp3) is 0.368. The van der Waals surface area contributed by atoms with Crippen LogP contribution in [0, 0.1) is 12.7 Å². The van der Waals surface area contributed by atoms with Crippen LogP contribution in [0.25, 0.3) is 5.65 Å². The highest BCUT2D eigenvalue weighted by Gasteiger charge is 2.20. The second-order valence-corrected chi connectivity index (χ2v) is 6.91. The van der Waals surface area contributed by atoms with Gasteiger partial charge in [-0.15, -0.1) is 0 Å². The summed E-state index contributed by atoms with van der Waals surface area (Å²) >= 11 is 0. The van der Waals surface area contributed by atoms with Gasteiger partial charge < -0.3 is 19.9 Å². The van der Waals surface area contributed by atoms with Crippen LogP contribution in [0.4, 0.5) is 15.9 Å². The van der Waals surface area contributed by atoms with Crippen LogP contribution in [0.1, 0.15) is 29.5 Å². The molecule has 0 aromatic carbocycles. The highest BCUT2D eigenvalue weighted by atomic mass is 19.1. The summed E-state index contributed by atoms with van der Waals surface area (Å²) in [5, 5.41) is 6.12. The van der Waals surface area contributed by atoms with Crippen molar-refractivity contribution in [3.8, 4) is 0 Å². The van der Waals surface area contributed by atoms with Gasteiger partial charge in [0.1, 0.15) is 11.5 Å². The van der Waals surface area contributed by atoms with Crippen molar-refractivity contribution in [2.24, 2.45) is 0 Å². The lowest BCUT2D eigenvalue weighted by atomic mass is 10.1. The van der Waals surface area contributed by atoms with E-state index in [0.717, 1.165) is 31.9 Å². The van der Waals surface area contributed by atoms with Gasteiger partial charge in [-0.2, -0.15) is 0 Å². The van der Waals surface area contributed by atoms with E-state index in [1.165, 1.54) is 12.3 Å². The van der Waals surface area contributed by atoms with Gasteiger partial charge in [0, 0.05) is 44.1 Å². The fourth-order valence-electron chi connectivity index (χ4n) is 3.35. The molecule has 3 aromatic rings. The zero-order valence-corrected chi connectivity index (χ0v) is 15.8. The average molecular weight is 383 g/mol. The smallest absolute Gasteiger partial charge is 0.275 e. The number of amides is 1. The van der Waals surface area contributed by atoms with Crippen LogP contribution in [-0.2, 0) is 0 Å². The molecule has 8 nitrogen and oxygen atoms in total. The second-order valence-electron chi connectivity index (χ2n) is 6.91. The number of carbonyl (C=O) groups is 1. The Bertz CT molecular complexity index is 1000. The van der Waals surface area contributed by atoms with Crippen molar-refractivity contribution in [3.63, 3.8) is 0 Å². The van der Waals surface area contributed by atoms with Crippen molar-refractivity contribution in [2.75, 3.05) is 29.9 Å². The summed E-state index contributed by atoms with van der Waals surface area (Å²) in [6.45, 7) is 6.53. The van der Waals surface area contributed by atoms with Crippen LogP contribution in [0.2, 0.25) is 0 Å². The Morgan fingerprint density at radius 2 is 2.21 bits per heavy atom. The number of hydrogen-bond acceptors (Lipinski definition) is 6. The van der Waals surface area contributed by atoms with Crippen molar-refractivity contribution in [1.82, 2.24) is 24.7 Å². The number of nitrogens with one attached hydrogen (secondary N) is 2. The van der Waals surface area contributed by atoms with E-state index < -0.39 is 11.7 Å². The molecular formula is C19H22FN7O. The van der Waals surface area contributed by atoms with E-state index in [1.54, 1.807) is 29.9 Å². The molecule has 1 aliphatic rings. The highest BCUT2D eigenvalue weighted by Crippen LogP contribution is 2.17. The maximum Gasteiger partial charge on any atom is 0.275 e. The zero-order valence-electron chi connectivity index (χ0n) is 15.8. The third-order valence-corrected chi connectivity index (χ3v) is 4.83. The van der Waals surface area contributed by atoms with Crippen LogP contribution in [0.3, 0.4) is 0 Å². The molecular weight excluding hydrogens is 361 g/mol. The van der Waals surface area contributed by atoms with Gasteiger partial charge in [0.15, 0.2) is 11.5 Å². The lowest BCUT2D eigenvalue weighted by Gasteiger charge is -2.33. The van der Waals surface area contributed by atoms with Gasteiger partial charge in [-0.25, -0.2) is 19.3 Å². The molecule has 2 N–H and O–H groups in total. The fourth-order valence-corrected chi connectivity index (χ4v) is 3.35. The molecule has 1 atom stereocenters. The van der Waals surface area contributed by atoms with E-state index in [1.807, 2.05) is 0 Å². The lowest BCUT2D eigenvalue weighted by Crippen LogP contribution is -2.50. The summed E-state index contributed by atoms with van der Waals surface area (Å²) in [7, 11) is 0. The molecule has 0 spiro atoms. The first-order chi connectivity index (χ1) is 13.5. The summed E-state index contributed by atoms with van der Waals surface area (Å²) in [6, 6.07) is 1.67. The first-order valence-corrected chi connectivity index (χ1v) is 9.30. The minimum absolute atomic E-state index is 0.174. The summed E-state index contributed by atoms with van der Waals surface area (Å²) in [5.41, 5.74) is 1.42. The van der Waals surface area contributed by atoms with E-state index in [2.05, 4.69) is 37.4 Å². The Morgan fingerprint density at radius 1 is 1.36 bits per heavy atom. The molecule has 0 bridgehead atoms. The molecule has 4 heterocycles. The third-order valence-electron chi connectivity index (χ3n) is 4.83. The topological polar surface area (TPSA) is 87.5 Å². The lowest BCUT2D eigenvalue weighted by molar-refractivity contribution is 0.102. The van der Waals surface area contributed by atoms with Crippen LogP contribution < -0.4 is 15.5 Å². The third kappa shape index (κ3) is 3.65. The Morgan fingerprint density at radius 3 is 2.96 bits per heavy atom. The number of carbonyl (C=O) groups excluding carboxylic acids is 1. The van der Waals surface area contributed by atoms with E-state index in [0.29, 0.717) is 17.4 Å². The largest absolute Gasteiger partial charge is 0.353 e. The van der Waals surface area contributed by atoms with Gasteiger partial charge in [-0.05, 0) is 13.3 Å². The molecule has 3 aromatic heterocycles. The SMILES string of the molecule is CC[C@H]1CN(c2cnc(C(=O)Nc3cc(F)c4nc(C)cn4c3)cn2)CCN1. The molecule has 0 radical (unpaired) electrons. The predicted molar refractivity (Wildman–Crippen MR) is 104 cm³/mol. The number of nitrogens with zero attached hydrogens (tertiary/aromatic N) is 5. The Kier molecular flexibility index (Phi) is 4.91. The summed E-state index contributed by atoms with van der Waals surface area (Å²) in [4.78, 5) is 27.4. The molecule has 146 valence electrons. The second kappa shape index (κ2) is 7.51. The normalized spacial score (nSPS) is 17.1. The number of aryl methyl sites for hydroxylation is 1. The quantitative estimate of drug-likeness (QED) is 0.717. The molecule has 4 rings (SSSR count). The molecule has 1 fully saturated rings. The molecule has 0 unspecified atom stereocenters. The van der Waals surface area contributed by atoms with Gasteiger partial charge in [0.05, 0.1) is 23.8 Å². The minimum Gasteiger partial charge on any atom is -0.353 e. The predicted octanol–water partition coefficient (Wildman–Crippen LogP) is 2.01. The van der Waals surface area contributed by atoms with Crippen LogP contribution in [0.5, 0.6) is 0 Å². The van der Waals surface area contributed by atoms with Crippen LogP contribution in [-0.4, -0.2) is 50.9 Å². The number of rotatable bonds is 4. The van der Waals surface area contributed by atoms with Gasteiger partial charge in [0.25, 0.3) is 5.91 Å². The van der Waals surface area contributed by atoms with Crippen LogP contribution in [0.15, 0.2) is 30.9 Å². The van der Waals surface area contributed by atoms with Crippen molar-refractivity contribution in [2.45, 2.75) is 26.3 Å². The number of pyridine rings is 1. The number of halogens is 1. The molecule has 28 heavy (non-hydrogen) atoms. The van der Waals surface area contributed by atoms with E-state index >= 15 is 0 Å². The van der Waals surface area contributed by atoms with Gasteiger partial charge >= 0.3 is 0 Å². The maximum atomic E-state index is 14.2. The zero-order chi connectivity index (χ0) is 19.7. The van der Waals surface area contributed by atoms with Gasteiger partial charge in [-0.1, -0.05) is 6.92 Å². The van der Waals surface area contributed by atoms with E-state index in [4.69, 9.17) is 0 Å². The van der Waals surface area contributed by atoms with Crippen molar-refractivity contribution in [3.05, 3.63) is 48.1 Å². The first kappa shape index (κ1) is 18.3. The highest BCUT2D eigenvalue weighted by molar-refractivity contribution is 6.02. The Balaban J connectivity index is 1.48. The average Bonchev–Trinajstić information content (AvgIpc) is 3.09. The summed E-state index contributed by atoms with van der Waals surface area (Å²) in [5.74, 6) is -0.198. The minimum atomic E-state index is -0.503.